The molecule has 2 heterocycles. The lowest BCUT2D eigenvalue weighted by atomic mass is 10.0. The van der Waals surface area contributed by atoms with Gasteiger partial charge in [0.05, 0.1) is 0 Å². The minimum Gasteiger partial charge on any atom is -0.328 e. The molecule has 2 nitrogen and oxygen atoms in total. The molecular weight excluding hydrogens is 228 g/mol. The molecule has 86 valence electrons. The van der Waals surface area contributed by atoms with Crippen molar-refractivity contribution in [2.45, 2.75) is 25.9 Å². The molecule has 1 aromatic heterocycles. The maximum Gasteiger partial charge on any atom is 0.0242 e. The molecule has 0 radical (unpaired) electrons. The Kier molecular flexibility index (Phi) is 5.06. The molecule has 1 saturated heterocycles. The molecule has 0 amide bonds. The van der Waals surface area contributed by atoms with Crippen LogP contribution in [0.4, 0.5) is 0 Å². The largest absolute Gasteiger partial charge is 0.328 e. The molecule has 1 aromatic rings. The lowest BCUT2D eigenvalue weighted by Gasteiger charge is -2.17. The summed E-state index contributed by atoms with van der Waals surface area (Å²) in [5.74, 6) is 0.702. The first-order valence-corrected chi connectivity index (χ1v) is 6.19. The number of hydrogen-bond donors (Lipinski definition) is 1. The van der Waals surface area contributed by atoms with Gasteiger partial charge in [0.25, 0.3) is 0 Å². The highest BCUT2D eigenvalue weighted by Crippen LogP contribution is 2.21. The van der Waals surface area contributed by atoms with Crippen molar-refractivity contribution in [2.75, 3.05) is 13.1 Å². The zero-order valence-electron chi connectivity index (χ0n) is 9.06. The summed E-state index contributed by atoms with van der Waals surface area (Å²) >= 11 is 1.78. The molecule has 1 aliphatic rings. The predicted octanol–water partition coefficient (Wildman–Crippen LogP) is 2.34. The summed E-state index contributed by atoms with van der Waals surface area (Å²) in [6.07, 6.45) is 1.27. The average molecular weight is 247 g/mol. The summed E-state index contributed by atoms with van der Waals surface area (Å²) in [7, 11) is 0. The van der Waals surface area contributed by atoms with Gasteiger partial charge in [-0.15, -0.1) is 12.4 Å². The van der Waals surface area contributed by atoms with E-state index in [9.17, 15) is 0 Å². The van der Waals surface area contributed by atoms with E-state index in [4.69, 9.17) is 5.73 Å². The van der Waals surface area contributed by atoms with Crippen LogP contribution >= 0.6 is 23.7 Å². The van der Waals surface area contributed by atoms with E-state index < -0.39 is 0 Å². The number of hydrogen-bond acceptors (Lipinski definition) is 3. The first-order chi connectivity index (χ1) is 6.75. The van der Waals surface area contributed by atoms with Crippen molar-refractivity contribution in [3.8, 4) is 0 Å². The van der Waals surface area contributed by atoms with Gasteiger partial charge in [-0.1, -0.05) is 0 Å². The van der Waals surface area contributed by atoms with Crippen molar-refractivity contribution < 1.29 is 0 Å². The highest BCUT2D eigenvalue weighted by Gasteiger charge is 2.24. The zero-order valence-corrected chi connectivity index (χ0v) is 10.7. The summed E-state index contributed by atoms with van der Waals surface area (Å²) in [5, 5.41) is 4.38. The topological polar surface area (TPSA) is 29.3 Å². The summed E-state index contributed by atoms with van der Waals surface area (Å²) in [6, 6.07) is 2.56. The molecule has 1 aliphatic heterocycles. The van der Waals surface area contributed by atoms with Crippen LogP contribution in [0.5, 0.6) is 0 Å². The van der Waals surface area contributed by atoms with Gasteiger partial charge in [0, 0.05) is 19.1 Å². The second-order valence-electron chi connectivity index (χ2n) is 4.27. The molecule has 0 aromatic carbocycles. The van der Waals surface area contributed by atoms with Crippen LogP contribution in [-0.2, 0) is 6.54 Å². The van der Waals surface area contributed by atoms with Crippen LogP contribution in [0.25, 0.3) is 0 Å². The maximum atomic E-state index is 5.91. The normalized spacial score (nSPS) is 23.7. The number of likely N-dealkylation sites (tertiary alicyclic amines) is 1. The minimum absolute atomic E-state index is 0. The number of thiophene rings is 1. The van der Waals surface area contributed by atoms with E-state index in [-0.39, 0.29) is 12.4 Å². The molecule has 2 atom stereocenters. The first-order valence-electron chi connectivity index (χ1n) is 5.24. The molecular formula is C11H19ClN2S. The third-order valence-corrected chi connectivity index (χ3v) is 3.77. The second-order valence-corrected chi connectivity index (χ2v) is 5.05. The fraction of sp³-hybridized carbons (Fsp3) is 0.636. The van der Waals surface area contributed by atoms with Gasteiger partial charge in [-0.25, -0.2) is 0 Å². The van der Waals surface area contributed by atoms with E-state index >= 15 is 0 Å². The van der Waals surface area contributed by atoms with Crippen LogP contribution in [0.15, 0.2) is 16.8 Å². The molecule has 1 fully saturated rings. The Morgan fingerprint density at radius 2 is 2.47 bits per heavy atom. The molecule has 2 unspecified atom stereocenters. The lowest BCUT2D eigenvalue weighted by Crippen LogP contribution is -2.29. The van der Waals surface area contributed by atoms with Crippen LogP contribution < -0.4 is 5.73 Å². The van der Waals surface area contributed by atoms with Gasteiger partial charge >= 0.3 is 0 Å². The van der Waals surface area contributed by atoms with E-state index in [2.05, 4.69) is 28.7 Å². The van der Waals surface area contributed by atoms with Gasteiger partial charge in [-0.05, 0) is 48.2 Å². The van der Waals surface area contributed by atoms with Gasteiger partial charge in [0.15, 0.2) is 0 Å². The standard InChI is InChI=1S/C11H18N2S.ClH/c1-9(12)11-2-4-13(7-11)6-10-3-5-14-8-10;/h3,5,8-9,11H,2,4,6-7,12H2,1H3;1H. The van der Waals surface area contributed by atoms with Crippen molar-refractivity contribution in [2.24, 2.45) is 11.7 Å². The summed E-state index contributed by atoms with van der Waals surface area (Å²) < 4.78 is 0. The summed E-state index contributed by atoms with van der Waals surface area (Å²) in [6.45, 7) is 5.61. The molecule has 15 heavy (non-hydrogen) atoms. The molecule has 0 bridgehead atoms. The fourth-order valence-electron chi connectivity index (χ4n) is 2.08. The molecule has 0 saturated carbocycles. The van der Waals surface area contributed by atoms with Crippen molar-refractivity contribution in [1.29, 1.82) is 0 Å². The first kappa shape index (κ1) is 13.0. The molecule has 2 N–H and O–H groups in total. The van der Waals surface area contributed by atoms with Gasteiger partial charge in [-0.2, -0.15) is 11.3 Å². The van der Waals surface area contributed by atoms with Crippen molar-refractivity contribution >= 4 is 23.7 Å². The van der Waals surface area contributed by atoms with E-state index in [0.717, 1.165) is 6.54 Å². The molecule has 2 rings (SSSR count). The SMILES string of the molecule is CC(N)C1CCN(Cc2ccsc2)C1.Cl. The number of rotatable bonds is 3. The Bertz CT molecular complexity index is 274. The van der Waals surface area contributed by atoms with Gasteiger partial charge in [-0.3, -0.25) is 4.90 Å². The van der Waals surface area contributed by atoms with Crippen molar-refractivity contribution in [3.63, 3.8) is 0 Å². The Hall–Kier alpha value is -0.0900. The lowest BCUT2D eigenvalue weighted by molar-refractivity contribution is 0.309. The third-order valence-electron chi connectivity index (χ3n) is 3.04. The van der Waals surface area contributed by atoms with Crippen LogP contribution in [-0.4, -0.2) is 24.0 Å². The zero-order chi connectivity index (χ0) is 9.97. The van der Waals surface area contributed by atoms with Crippen molar-refractivity contribution in [1.82, 2.24) is 4.90 Å². The predicted molar refractivity (Wildman–Crippen MR) is 68.6 cm³/mol. The molecule has 0 aliphatic carbocycles. The Morgan fingerprint density at radius 3 is 3.00 bits per heavy atom. The third kappa shape index (κ3) is 3.45. The highest BCUT2D eigenvalue weighted by atomic mass is 35.5. The van der Waals surface area contributed by atoms with Gasteiger partial charge in [0.2, 0.25) is 0 Å². The van der Waals surface area contributed by atoms with Gasteiger partial charge in [0.1, 0.15) is 0 Å². The smallest absolute Gasteiger partial charge is 0.0242 e. The Morgan fingerprint density at radius 1 is 1.67 bits per heavy atom. The quantitative estimate of drug-likeness (QED) is 0.887. The van der Waals surface area contributed by atoms with Crippen LogP contribution in [0.2, 0.25) is 0 Å². The van der Waals surface area contributed by atoms with E-state index in [0.29, 0.717) is 12.0 Å². The highest BCUT2D eigenvalue weighted by molar-refractivity contribution is 7.07. The van der Waals surface area contributed by atoms with Crippen LogP contribution in [0.3, 0.4) is 0 Å². The summed E-state index contributed by atoms with van der Waals surface area (Å²) in [4.78, 5) is 2.51. The fourth-order valence-corrected chi connectivity index (χ4v) is 2.74. The number of nitrogens with two attached hydrogens (primary N) is 1. The van der Waals surface area contributed by atoms with E-state index in [1.54, 1.807) is 11.3 Å². The van der Waals surface area contributed by atoms with Gasteiger partial charge < -0.3 is 5.73 Å². The molecule has 0 spiro atoms. The second kappa shape index (κ2) is 5.85. The Labute approximate surface area is 102 Å². The van der Waals surface area contributed by atoms with Crippen LogP contribution in [0.1, 0.15) is 18.9 Å². The molecule has 4 heteroatoms. The maximum absolute atomic E-state index is 5.91. The minimum atomic E-state index is 0. The van der Waals surface area contributed by atoms with E-state index in [1.807, 2.05) is 0 Å². The Balaban J connectivity index is 0.00000112. The average Bonchev–Trinajstić information content (AvgIpc) is 2.75. The monoisotopic (exact) mass is 246 g/mol. The summed E-state index contributed by atoms with van der Waals surface area (Å²) in [5.41, 5.74) is 7.35. The van der Waals surface area contributed by atoms with Crippen molar-refractivity contribution in [3.05, 3.63) is 22.4 Å². The number of halogens is 1. The number of nitrogens with zero attached hydrogens (tertiary/aromatic N) is 1. The van der Waals surface area contributed by atoms with Crippen LogP contribution in [0, 0.1) is 5.92 Å². The van der Waals surface area contributed by atoms with E-state index in [1.165, 1.54) is 25.1 Å².